The molecule has 0 aromatic carbocycles. The summed E-state index contributed by atoms with van der Waals surface area (Å²) in [6.45, 7) is 3.83. The molecule has 0 aliphatic rings. The maximum Gasteiger partial charge on any atom is 0.350 e. The van der Waals surface area contributed by atoms with Gasteiger partial charge in [-0.05, 0) is 5.92 Å². The van der Waals surface area contributed by atoms with E-state index in [0.29, 0.717) is 0 Å². The topological polar surface area (TPSA) is 97.2 Å². The lowest BCUT2D eigenvalue weighted by molar-refractivity contribution is 0.590. The number of hydrogen-bond acceptors (Lipinski definition) is 5. The van der Waals surface area contributed by atoms with Gasteiger partial charge in [-0.25, -0.2) is 13.2 Å². The van der Waals surface area contributed by atoms with Gasteiger partial charge >= 0.3 is 5.69 Å². The smallest absolute Gasteiger partial charge is 0.281 e. The van der Waals surface area contributed by atoms with Crippen molar-refractivity contribution in [1.29, 1.82) is 0 Å². The predicted molar refractivity (Wildman–Crippen MR) is 60.8 cm³/mol. The summed E-state index contributed by atoms with van der Waals surface area (Å²) in [4.78, 5) is 17.8. The van der Waals surface area contributed by atoms with Crippen molar-refractivity contribution in [3.05, 3.63) is 22.2 Å². The van der Waals surface area contributed by atoms with Crippen molar-refractivity contribution in [2.75, 3.05) is 6.26 Å². The van der Waals surface area contributed by atoms with Crippen LogP contribution >= 0.6 is 0 Å². The van der Waals surface area contributed by atoms with Gasteiger partial charge in [0, 0.05) is 11.8 Å². The predicted octanol–water partition coefficient (Wildman–Crippen LogP) is -0.0555. The minimum absolute atomic E-state index is 0.106. The fourth-order valence-electron chi connectivity index (χ4n) is 1.47. The third kappa shape index (κ3) is 1.95. The average molecular weight is 256 g/mol. The molecule has 0 saturated carbocycles. The number of aromatic nitrogens is 4. The van der Waals surface area contributed by atoms with Crippen molar-refractivity contribution in [2.45, 2.75) is 24.9 Å². The zero-order valence-corrected chi connectivity index (χ0v) is 10.4. The Morgan fingerprint density at radius 3 is 2.59 bits per heavy atom. The van der Waals surface area contributed by atoms with Crippen LogP contribution in [0.1, 0.15) is 25.3 Å². The molecule has 92 valence electrons. The molecule has 2 aromatic rings. The molecule has 8 heteroatoms. The Balaban J connectivity index is 2.88. The van der Waals surface area contributed by atoms with E-state index in [2.05, 4.69) is 15.1 Å². The average Bonchev–Trinajstić information content (AvgIpc) is 2.60. The zero-order chi connectivity index (χ0) is 12.8. The summed E-state index contributed by atoms with van der Waals surface area (Å²) in [5.74, 6) is 0.106. The lowest BCUT2D eigenvalue weighted by Gasteiger charge is -2.02. The van der Waals surface area contributed by atoms with Gasteiger partial charge in [0.25, 0.3) is 0 Å². The number of aromatic amines is 1. The molecule has 0 spiro atoms. The van der Waals surface area contributed by atoms with Gasteiger partial charge in [-0.15, -0.1) is 0 Å². The number of sulfone groups is 1. The van der Waals surface area contributed by atoms with Crippen molar-refractivity contribution >= 4 is 15.5 Å². The van der Waals surface area contributed by atoms with E-state index in [1.54, 1.807) is 0 Å². The summed E-state index contributed by atoms with van der Waals surface area (Å²) in [7, 11) is -3.54. The third-order valence-corrected chi connectivity index (χ3v) is 3.25. The Labute approximate surface area is 97.4 Å². The first kappa shape index (κ1) is 11.8. The van der Waals surface area contributed by atoms with E-state index in [1.807, 2.05) is 13.8 Å². The van der Waals surface area contributed by atoms with Crippen LogP contribution < -0.4 is 5.69 Å². The summed E-state index contributed by atoms with van der Waals surface area (Å²) in [6, 6.07) is 0. The van der Waals surface area contributed by atoms with Gasteiger partial charge in [-0.1, -0.05) is 13.8 Å². The second-order valence-corrected chi connectivity index (χ2v) is 6.04. The molecule has 17 heavy (non-hydrogen) atoms. The Bertz CT molecular complexity index is 726. The molecule has 2 rings (SSSR count). The molecule has 0 radical (unpaired) electrons. The maximum atomic E-state index is 11.6. The summed E-state index contributed by atoms with van der Waals surface area (Å²) in [5, 5.41) is 3.54. The van der Waals surface area contributed by atoms with Gasteiger partial charge in [0.1, 0.15) is 0 Å². The maximum absolute atomic E-state index is 11.6. The molecule has 1 N–H and O–H groups in total. The standard InChI is InChI=1S/C9H12N4O3S/c1-5(2)6-4-10-13-7(6)11-8(12-9(13)14)17(3,15)16/h4-5H,1-3H3,(H,11,12,14). The fraction of sp³-hybridized carbons (Fsp3) is 0.444. The quantitative estimate of drug-likeness (QED) is 0.812. The lowest BCUT2D eigenvalue weighted by atomic mass is 10.1. The summed E-state index contributed by atoms with van der Waals surface area (Å²) < 4.78 is 23.8. The summed E-state index contributed by atoms with van der Waals surface area (Å²) in [5.41, 5.74) is 0.410. The number of fused-ring (bicyclic) bond motifs is 1. The Kier molecular flexibility index (Phi) is 2.53. The van der Waals surface area contributed by atoms with Crippen molar-refractivity contribution in [2.24, 2.45) is 0 Å². The Morgan fingerprint density at radius 2 is 2.06 bits per heavy atom. The largest absolute Gasteiger partial charge is 0.350 e. The fourth-order valence-corrected chi connectivity index (χ4v) is 1.99. The third-order valence-electron chi connectivity index (χ3n) is 2.36. The van der Waals surface area contributed by atoms with Gasteiger partial charge in [-0.3, -0.25) is 4.98 Å². The highest BCUT2D eigenvalue weighted by atomic mass is 32.2. The molecule has 2 aromatic heterocycles. The van der Waals surface area contributed by atoms with Crippen LogP contribution in [0.15, 0.2) is 16.1 Å². The molecular formula is C9H12N4O3S. The van der Waals surface area contributed by atoms with Gasteiger partial charge in [0.15, 0.2) is 5.65 Å². The van der Waals surface area contributed by atoms with Crippen LogP contribution in [0.4, 0.5) is 0 Å². The van der Waals surface area contributed by atoms with Crippen LogP contribution in [-0.4, -0.2) is 34.3 Å². The minimum atomic E-state index is -3.54. The van der Waals surface area contributed by atoms with Crippen molar-refractivity contribution in [3.63, 3.8) is 0 Å². The van der Waals surface area contributed by atoms with Gasteiger partial charge < -0.3 is 0 Å². The van der Waals surface area contributed by atoms with E-state index in [0.717, 1.165) is 16.3 Å². The Hall–Kier alpha value is -1.70. The number of nitrogens with one attached hydrogen (secondary N) is 1. The summed E-state index contributed by atoms with van der Waals surface area (Å²) in [6.07, 6.45) is 2.52. The monoisotopic (exact) mass is 256 g/mol. The molecular weight excluding hydrogens is 244 g/mol. The normalized spacial score (nSPS) is 12.5. The minimum Gasteiger partial charge on any atom is -0.281 e. The number of H-pyrrole nitrogens is 1. The van der Waals surface area contributed by atoms with Crippen molar-refractivity contribution in [3.8, 4) is 0 Å². The molecule has 2 heterocycles. The van der Waals surface area contributed by atoms with Gasteiger partial charge in [-0.2, -0.15) is 14.6 Å². The zero-order valence-electron chi connectivity index (χ0n) is 9.63. The molecule has 0 amide bonds. The molecule has 7 nitrogen and oxygen atoms in total. The van der Waals surface area contributed by atoms with E-state index in [9.17, 15) is 13.2 Å². The highest BCUT2D eigenvalue weighted by Gasteiger charge is 2.17. The summed E-state index contributed by atoms with van der Waals surface area (Å²) >= 11 is 0. The number of nitrogens with zero attached hydrogens (tertiary/aromatic N) is 3. The molecule has 0 bridgehead atoms. The van der Waals surface area contributed by atoms with Crippen molar-refractivity contribution < 1.29 is 8.42 Å². The molecule has 0 aliphatic carbocycles. The first-order valence-corrected chi connectivity index (χ1v) is 6.88. The highest BCUT2D eigenvalue weighted by molar-refractivity contribution is 7.90. The van der Waals surface area contributed by atoms with Gasteiger partial charge in [0.05, 0.1) is 6.20 Å². The second-order valence-electron chi connectivity index (χ2n) is 4.11. The number of rotatable bonds is 2. The van der Waals surface area contributed by atoms with Crippen LogP contribution in [-0.2, 0) is 9.84 Å². The molecule has 0 unspecified atom stereocenters. The van der Waals surface area contributed by atoms with Crippen LogP contribution in [0.25, 0.3) is 5.65 Å². The molecule has 0 fully saturated rings. The highest BCUT2D eigenvalue weighted by Crippen LogP contribution is 2.17. The second kappa shape index (κ2) is 3.66. The SMILES string of the molecule is CC(C)c1cnn2c(=O)[nH]c(S(C)(=O)=O)nc12. The van der Waals surface area contributed by atoms with E-state index in [4.69, 9.17) is 0 Å². The number of hydrogen-bond donors (Lipinski definition) is 1. The van der Waals surface area contributed by atoms with Crippen molar-refractivity contribution in [1.82, 2.24) is 19.6 Å². The Morgan fingerprint density at radius 1 is 1.41 bits per heavy atom. The van der Waals surface area contributed by atoms with Crippen LogP contribution in [0, 0.1) is 0 Å². The lowest BCUT2D eigenvalue weighted by Crippen LogP contribution is -2.22. The van der Waals surface area contributed by atoms with Crippen LogP contribution in [0.2, 0.25) is 0 Å². The van der Waals surface area contributed by atoms with E-state index in [1.165, 1.54) is 6.20 Å². The molecule has 0 aliphatic heterocycles. The van der Waals surface area contributed by atoms with E-state index >= 15 is 0 Å². The van der Waals surface area contributed by atoms with Gasteiger partial charge in [0.2, 0.25) is 15.0 Å². The first-order valence-electron chi connectivity index (χ1n) is 4.98. The van der Waals surface area contributed by atoms with E-state index in [-0.39, 0.29) is 16.7 Å². The van der Waals surface area contributed by atoms with Crippen LogP contribution in [0.5, 0.6) is 0 Å². The molecule has 0 atom stereocenters. The van der Waals surface area contributed by atoms with E-state index < -0.39 is 15.5 Å². The van der Waals surface area contributed by atoms with Crippen LogP contribution in [0.3, 0.4) is 0 Å². The first-order chi connectivity index (χ1) is 7.80. The molecule has 0 saturated heterocycles.